The number of hydrogen-bond donors (Lipinski definition) is 1. The summed E-state index contributed by atoms with van der Waals surface area (Å²) in [5.41, 5.74) is -0.820. The van der Waals surface area contributed by atoms with Crippen LogP contribution in [0.4, 0.5) is 18.0 Å². The van der Waals surface area contributed by atoms with Gasteiger partial charge in [0, 0.05) is 6.54 Å². The van der Waals surface area contributed by atoms with Crippen LogP contribution in [0.5, 0.6) is 5.75 Å². The van der Waals surface area contributed by atoms with Gasteiger partial charge in [-0.25, -0.2) is 9.59 Å². The zero-order valence-electron chi connectivity index (χ0n) is 16.2. The van der Waals surface area contributed by atoms with Crippen LogP contribution in [0, 0.1) is 0 Å². The van der Waals surface area contributed by atoms with E-state index in [0.29, 0.717) is 13.0 Å². The van der Waals surface area contributed by atoms with Gasteiger partial charge in [0.15, 0.2) is 0 Å². The van der Waals surface area contributed by atoms with E-state index < -0.39 is 29.8 Å². The third-order valence-corrected chi connectivity index (χ3v) is 3.31. The van der Waals surface area contributed by atoms with Gasteiger partial charge in [0.2, 0.25) is 0 Å². The summed E-state index contributed by atoms with van der Waals surface area (Å²) < 4.78 is 51.0. The van der Waals surface area contributed by atoms with Crippen molar-refractivity contribution in [1.29, 1.82) is 0 Å². The lowest BCUT2D eigenvalue weighted by atomic mass is 10.2. The predicted octanol–water partition coefficient (Wildman–Crippen LogP) is 4.83. The Balaban J connectivity index is 2.22. The molecule has 1 N–H and O–H groups in total. The Morgan fingerprint density at radius 3 is 2.29 bits per heavy atom. The highest BCUT2D eigenvalue weighted by Crippen LogP contribution is 2.26. The van der Waals surface area contributed by atoms with E-state index in [2.05, 4.69) is 10.1 Å². The van der Waals surface area contributed by atoms with E-state index in [9.17, 15) is 22.8 Å². The first-order valence-corrected chi connectivity index (χ1v) is 8.97. The summed E-state index contributed by atoms with van der Waals surface area (Å²) in [6.07, 6.45) is -2.54. The third kappa shape index (κ3) is 10.6. The zero-order chi connectivity index (χ0) is 21.2. The average Bonchev–Trinajstić information content (AvgIpc) is 2.54. The molecule has 0 saturated carbocycles. The van der Waals surface area contributed by atoms with Gasteiger partial charge in [0.25, 0.3) is 0 Å². The Hall–Kier alpha value is -2.45. The van der Waals surface area contributed by atoms with Gasteiger partial charge in [-0.2, -0.15) is 0 Å². The summed E-state index contributed by atoms with van der Waals surface area (Å²) in [5, 5.41) is 2.64. The molecule has 1 rings (SSSR count). The van der Waals surface area contributed by atoms with Gasteiger partial charge >= 0.3 is 18.4 Å². The Bertz CT molecular complexity index is 641. The average molecular weight is 405 g/mol. The molecule has 0 fully saturated rings. The molecule has 6 nitrogen and oxygen atoms in total. The number of carbonyl (C=O) groups excluding carboxylic acids is 2. The van der Waals surface area contributed by atoms with Crippen molar-refractivity contribution in [2.75, 3.05) is 13.2 Å². The standard InChI is InChI=1S/C19H26F3NO5/c1-18(2,3)28-17(25)23-12-8-4-5-9-13-26-16(24)14-10-6-7-11-15(14)27-19(20,21)22/h6-7,10-11H,4-5,8-9,12-13H2,1-3H3,(H,23,25). The number of carbonyl (C=O) groups is 2. The first-order chi connectivity index (χ1) is 13.0. The summed E-state index contributed by atoms with van der Waals surface area (Å²) in [6.45, 7) is 5.89. The number of unbranched alkanes of at least 4 members (excludes halogenated alkanes) is 3. The van der Waals surface area contributed by atoms with E-state index in [1.165, 1.54) is 18.2 Å². The van der Waals surface area contributed by atoms with Crippen LogP contribution in [-0.2, 0) is 9.47 Å². The molecule has 0 spiro atoms. The van der Waals surface area contributed by atoms with Crippen LogP contribution in [0.25, 0.3) is 0 Å². The molecule has 28 heavy (non-hydrogen) atoms. The SMILES string of the molecule is CC(C)(C)OC(=O)NCCCCCCOC(=O)c1ccccc1OC(F)(F)F. The number of alkyl halides is 3. The number of halogens is 3. The Morgan fingerprint density at radius 1 is 1.00 bits per heavy atom. The molecule has 0 bridgehead atoms. The Labute approximate surface area is 162 Å². The van der Waals surface area contributed by atoms with Gasteiger partial charge in [-0.05, 0) is 52.2 Å². The van der Waals surface area contributed by atoms with Crippen LogP contribution in [0.15, 0.2) is 24.3 Å². The molecule has 9 heteroatoms. The molecule has 0 aliphatic carbocycles. The molecule has 0 saturated heterocycles. The highest BCUT2D eigenvalue weighted by molar-refractivity contribution is 5.92. The van der Waals surface area contributed by atoms with E-state index in [1.807, 2.05) is 0 Å². The second-order valence-corrected chi connectivity index (χ2v) is 7.02. The van der Waals surface area contributed by atoms with Crippen LogP contribution in [0.2, 0.25) is 0 Å². The monoisotopic (exact) mass is 405 g/mol. The van der Waals surface area contributed by atoms with Gasteiger partial charge in [0.1, 0.15) is 16.9 Å². The van der Waals surface area contributed by atoms with Crippen LogP contribution in [-0.4, -0.2) is 37.2 Å². The number of nitrogens with one attached hydrogen (secondary N) is 1. The Kier molecular flexibility index (Phi) is 9.08. The van der Waals surface area contributed by atoms with Crippen molar-refractivity contribution in [3.05, 3.63) is 29.8 Å². The summed E-state index contributed by atoms with van der Waals surface area (Å²) in [6, 6.07) is 5.04. The number of rotatable bonds is 9. The molecule has 1 aromatic rings. The molecule has 0 radical (unpaired) electrons. The fraction of sp³-hybridized carbons (Fsp3) is 0.579. The molecule has 1 aromatic carbocycles. The van der Waals surface area contributed by atoms with E-state index >= 15 is 0 Å². The maximum Gasteiger partial charge on any atom is 0.573 e. The minimum Gasteiger partial charge on any atom is -0.462 e. The van der Waals surface area contributed by atoms with Crippen molar-refractivity contribution >= 4 is 12.1 Å². The van der Waals surface area contributed by atoms with Crippen molar-refractivity contribution in [2.24, 2.45) is 0 Å². The van der Waals surface area contributed by atoms with Crippen molar-refractivity contribution in [3.63, 3.8) is 0 Å². The van der Waals surface area contributed by atoms with Gasteiger partial charge < -0.3 is 19.5 Å². The molecule has 0 unspecified atom stereocenters. The normalized spacial score (nSPS) is 11.6. The number of amides is 1. The first-order valence-electron chi connectivity index (χ1n) is 8.97. The van der Waals surface area contributed by atoms with Crippen LogP contribution in [0.3, 0.4) is 0 Å². The number of esters is 1. The number of benzene rings is 1. The van der Waals surface area contributed by atoms with Crippen molar-refractivity contribution < 1.29 is 37.0 Å². The Morgan fingerprint density at radius 2 is 1.64 bits per heavy atom. The van der Waals surface area contributed by atoms with Crippen LogP contribution < -0.4 is 10.1 Å². The number of alkyl carbamates (subject to hydrolysis) is 1. The number of para-hydroxylation sites is 1. The van der Waals surface area contributed by atoms with E-state index in [4.69, 9.17) is 9.47 Å². The van der Waals surface area contributed by atoms with Crippen molar-refractivity contribution in [3.8, 4) is 5.75 Å². The minimum atomic E-state index is -4.89. The van der Waals surface area contributed by atoms with Crippen LogP contribution >= 0.6 is 0 Å². The molecular weight excluding hydrogens is 379 g/mol. The van der Waals surface area contributed by atoms with Crippen LogP contribution in [0.1, 0.15) is 56.8 Å². The predicted molar refractivity (Wildman–Crippen MR) is 96.1 cm³/mol. The van der Waals surface area contributed by atoms with E-state index in [0.717, 1.165) is 25.3 Å². The van der Waals surface area contributed by atoms with E-state index in [-0.39, 0.29) is 12.2 Å². The second-order valence-electron chi connectivity index (χ2n) is 7.02. The second kappa shape index (κ2) is 10.8. The summed E-state index contributed by atoms with van der Waals surface area (Å²) in [4.78, 5) is 23.4. The molecule has 0 aliphatic rings. The van der Waals surface area contributed by atoms with Gasteiger partial charge in [-0.3, -0.25) is 0 Å². The van der Waals surface area contributed by atoms with Crippen molar-refractivity contribution in [1.82, 2.24) is 5.32 Å². The topological polar surface area (TPSA) is 73.9 Å². The molecule has 0 aromatic heterocycles. The molecule has 1 amide bonds. The zero-order valence-corrected chi connectivity index (χ0v) is 16.2. The molecule has 0 atom stereocenters. The summed E-state index contributed by atoms with van der Waals surface area (Å²) in [7, 11) is 0. The number of hydrogen-bond acceptors (Lipinski definition) is 5. The maximum atomic E-state index is 12.4. The lowest BCUT2D eigenvalue weighted by molar-refractivity contribution is -0.274. The molecule has 0 aliphatic heterocycles. The smallest absolute Gasteiger partial charge is 0.462 e. The quantitative estimate of drug-likeness (QED) is 0.471. The highest BCUT2D eigenvalue weighted by atomic mass is 19.4. The largest absolute Gasteiger partial charge is 0.573 e. The summed E-state index contributed by atoms with van der Waals surface area (Å²) in [5.74, 6) is -1.46. The lowest BCUT2D eigenvalue weighted by Crippen LogP contribution is -2.32. The summed E-state index contributed by atoms with van der Waals surface area (Å²) >= 11 is 0. The lowest BCUT2D eigenvalue weighted by Gasteiger charge is -2.19. The molecule has 158 valence electrons. The number of ether oxygens (including phenoxy) is 3. The first kappa shape index (κ1) is 23.6. The molecular formula is C19H26F3NO5. The molecule has 0 heterocycles. The van der Waals surface area contributed by atoms with Gasteiger partial charge in [-0.1, -0.05) is 18.6 Å². The maximum absolute atomic E-state index is 12.4. The fourth-order valence-electron chi connectivity index (χ4n) is 2.18. The van der Waals surface area contributed by atoms with Gasteiger partial charge in [0.05, 0.1) is 6.61 Å². The minimum absolute atomic E-state index is 0.0820. The van der Waals surface area contributed by atoms with E-state index in [1.54, 1.807) is 20.8 Å². The highest BCUT2D eigenvalue weighted by Gasteiger charge is 2.33. The van der Waals surface area contributed by atoms with Crippen molar-refractivity contribution in [2.45, 2.75) is 58.4 Å². The third-order valence-electron chi connectivity index (χ3n) is 3.31. The van der Waals surface area contributed by atoms with Gasteiger partial charge in [-0.15, -0.1) is 13.2 Å². The fourth-order valence-corrected chi connectivity index (χ4v) is 2.18.